The minimum atomic E-state index is -0.602. The van der Waals surface area contributed by atoms with E-state index in [1.807, 2.05) is 72.8 Å². The highest BCUT2D eigenvalue weighted by molar-refractivity contribution is 5.95. The van der Waals surface area contributed by atoms with Gasteiger partial charge in [0, 0.05) is 25.2 Å². The lowest BCUT2D eigenvalue weighted by Crippen LogP contribution is -2.47. The van der Waals surface area contributed by atoms with Crippen molar-refractivity contribution in [2.45, 2.75) is 38.3 Å². The number of fused-ring (bicyclic) bond motifs is 1. The van der Waals surface area contributed by atoms with Gasteiger partial charge in [0.25, 0.3) is 0 Å². The Balaban J connectivity index is 1.32. The van der Waals surface area contributed by atoms with E-state index in [0.717, 1.165) is 62.1 Å². The lowest BCUT2D eigenvalue weighted by atomic mass is 9.99. The van der Waals surface area contributed by atoms with Gasteiger partial charge in [-0.1, -0.05) is 103 Å². The van der Waals surface area contributed by atoms with Gasteiger partial charge in [0.2, 0.25) is 12.3 Å². The summed E-state index contributed by atoms with van der Waals surface area (Å²) < 4.78 is 0. The van der Waals surface area contributed by atoms with Gasteiger partial charge < -0.3 is 10.2 Å². The van der Waals surface area contributed by atoms with Crippen LogP contribution in [0.5, 0.6) is 0 Å². The predicted molar refractivity (Wildman–Crippen MR) is 162 cm³/mol. The van der Waals surface area contributed by atoms with Gasteiger partial charge in [-0.3, -0.25) is 14.5 Å². The van der Waals surface area contributed by atoms with Gasteiger partial charge in [0.05, 0.1) is 5.69 Å². The first-order valence-electron chi connectivity index (χ1n) is 14.2. The van der Waals surface area contributed by atoms with Crippen LogP contribution in [-0.4, -0.2) is 42.9 Å². The Labute approximate surface area is 237 Å². The Morgan fingerprint density at radius 1 is 0.850 bits per heavy atom. The van der Waals surface area contributed by atoms with Gasteiger partial charge in [-0.05, 0) is 60.5 Å². The summed E-state index contributed by atoms with van der Waals surface area (Å²) in [4.78, 5) is 30.4. The maximum absolute atomic E-state index is 13.7. The summed E-state index contributed by atoms with van der Waals surface area (Å²) in [5, 5.41) is 3.12. The Bertz CT molecular complexity index is 1390. The molecule has 0 aliphatic carbocycles. The topological polar surface area (TPSA) is 52.7 Å². The molecule has 0 unspecified atom stereocenters. The molecule has 1 atom stereocenters. The van der Waals surface area contributed by atoms with Gasteiger partial charge in [0.1, 0.15) is 6.04 Å². The molecule has 1 aliphatic heterocycles. The average Bonchev–Trinajstić information content (AvgIpc) is 3.01. The molecule has 2 amide bonds. The van der Waals surface area contributed by atoms with E-state index >= 15 is 0 Å². The number of nitrogens with one attached hydrogen (secondary N) is 1. The molecule has 0 fully saturated rings. The Kier molecular flexibility index (Phi) is 9.38. The van der Waals surface area contributed by atoms with Gasteiger partial charge in [0.15, 0.2) is 0 Å². The Morgan fingerprint density at radius 3 is 2.30 bits per heavy atom. The lowest BCUT2D eigenvalue weighted by Gasteiger charge is -2.31. The molecule has 204 valence electrons. The molecule has 5 heteroatoms. The number of nitrogens with zero attached hydrogens (tertiary/aromatic N) is 2. The van der Waals surface area contributed by atoms with E-state index in [1.54, 1.807) is 4.90 Å². The smallest absolute Gasteiger partial charge is 0.243 e. The van der Waals surface area contributed by atoms with E-state index < -0.39 is 6.04 Å². The maximum atomic E-state index is 13.7. The summed E-state index contributed by atoms with van der Waals surface area (Å²) in [5.74, 6) is -0.116. The summed E-state index contributed by atoms with van der Waals surface area (Å²) in [7, 11) is 0. The number of carbonyl (C=O) groups is 2. The number of para-hydroxylation sites is 1. The minimum Gasteiger partial charge on any atom is -0.354 e. The quantitative estimate of drug-likeness (QED) is 0.232. The molecule has 1 aliphatic rings. The third kappa shape index (κ3) is 6.85. The van der Waals surface area contributed by atoms with Crippen LogP contribution in [0.15, 0.2) is 109 Å². The van der Waals surface area contributed by atoms with Crippen LogP contribution in [0, 0.1) is 0 Å². The zero-order chi connectivity index (χ0) is 27.6. The van der Waals surface area contributed by atoms with Crippen molar-refractivity contribution in [3.8, 4) is 11.1 Å². The number of hydrogen-bond donors (Lipinski definition) is 1. The molecule has 0 saturated heterocycles. The molecule has 0 radical (unpaired) electrons. The van der Waals surface area contributed by atoms with Crippen LogP contribution in [0.1, 0.15) is 29.5 Å². The number of hydrogen-bond acceptors (Lipinski definition) is 3. The Morgan fingerprint density at radius 2 is 1.52 bits per heavy atom. The van der Waals surface area contributed by atoms with Crippen LogP contribution < -0.4 is 10.2 Å². The molecule has 1 N–H and O–H groups in total. The molecule has 4 aromatic rings. The normalized spacial score (nSPS) is 13.7. The summed E-state index contributed by atoms with van der Waals surface area (Å²) in [5.41, 5.74) is 6.68. The second kappa shape index (κ2) is 13.7. The number of amides is 2. The first-order chi connectivity index (χ1) is 19.7. The SMILES string of the molecule is O=CN(c1ccccc1-c1ccccc1)[C@H](CCCN1CCc2ccccc2C1)C(=O)NCCc1ccccc1. The van der Waals surface area contributed by atoms with Crippen molar-refractivity contribution in [3.63, 3.8) is 0 Å². The van der Waals surface area contributed by atoms with Gasteiger partial charge in [-0.2, -0.15) is 0 Å². The number of rotatable bonds is 12. The van der Waals surface area contributed by atoms with E-state index in [2.05, 4.69) is 46.6 Å². The van der Waals surface area contributed by atoms with Gasteiger partial charge in [-0.15, -0.1) is 0 Å². The first-order valence-corrected chi connectivity index (χ1v) is 14.2. The fourth-order valence-electron chi connectivity index (χ4n) is 5.60. The predicted octanol–water partition coefficient (Wildman–Crippen LogP) is 5.88. The molecule has 4 aromatic carbocycles. The highest BCUT2D eigenvalue weighted by atomic mass is 16.2. The largest absolute Gasteiger partial charge is 0.354 e. The van der Waals surface area contributed by atoms with E-state index in [-0.39, 0.29) is 5.91 Å². The van der Waals surface area contributed by atoms with E-state index in [0.29, 0.717) is 13.0 Å². The van der Waals surface area contributed by atoms with Crippen molar-refractivity contribution < 1.29 is 9.59 Å². The second-order valence-corrected chi connectivity index (χ2v) is 10.4. The van der Waals surface area contributed by atoms with Gasteiger partial charge in [-0.25, -0.2) is 0 Å². The summed E-state index contributed by atoms with van der Waals surface area (Å²) in [6.45, 7) is 3.35. The molecule has 5 rings (SSSR count). The number of anilines is 1. The fraction of sp³-hybridized carbons (Fsp3) is 0.257. The van der Waals surface area contributed by atoms with E-state index in [4.69, 9.17) is 0 Å². The fourth-order valence-corrected chi connectivity index (χ4v) is 5.60. The number of carbonyl (C=O) groups excluding carboxylic acids is 2. The van der Waals surface area contributed by atoms with Crippen LogP contribution in [0.25, 0.3) is 11.1 Å². The van der Waals surface area contributed by atoms with Crippen LogP contribution in [0.3, 0.4) is 0 Å². The van der Waals surface area contributed by atoms with Crippen molar-refractivity contribution >= 4 is 18.0 Å². The van der Waals surface area contributed by atoms with Crippen LogP contribution in [0.2, 0.25) is 0 Å². The van der Waals surface area contributed by atoms with Crippen molar-refractivity contribution in [1.29, 1.82) is 0 Å². The van der Waals surface area contributed by atoms with E-state index in [9.17, 15) is 9.59 Å². The van der Waals surface area contributed by atoms with Crippen molar-refractivity contribution in [3.05, 3.63) is 126 Å². The lowest BCUT2D eigenvalue weighted by molar-refractivity contribution is -0.124. The molecule has 0 bridgehead atoms. The third-order valence-electron chi connectivity index (χ3n) is 7.74. The highest BCUT2D eigenvalue weighted by Crippen LogP contribution is 2.32. The zero-order valence-corrected chi connectivity index (χ0v) is 22.9. The van der Waals surface area contributed by atoms with Gasteiger partial charge >= 0.3 is 0 Å². The summed E-state index contributed by atoms with van der Waals surface area (Å²) in [6.07, 6.45) is 4.01. The maximum Gasteiger partial charge on any atom is 0.243 e. The molecular formula is C35H37N3O2. The summed E-state index contributed by atoms with van der Waals surface area (Å²) >= 11 is 0. The molecule has 0 aromatic heterocycles. The Hall–Kier alpha value is -4.22. The molecule has 0 spiro atoms. The van der Waals surface area contributed by atoms with Crippen LogP contribution in [-0.2, 0) is 29.0 Å². The first kappa shape index (κ1) is 27.4. The minimum absolute atomic E-state index is 0.116. The molecule has 1 heterocycles. The van der Waals surface area contributed by atoms with Crippen molar-refractivity contribution in [2.24, 2.45) is 0 Å². The monoisotopic (exact) mass is 531 g/mol. The molecule has 5 nitrogen and oxygen atoms in total. The highest BCUT2D eigenvalue weighted by Gasteiger charge is 2.28. The van der Waals surface area contributed by atoms with Crippen molar-refractivity contribution in [1.82, 2.24) is 10.2 Å². The van der Waals surface area contributed by atoms with Crippen LogP contribution >= 0.6 is 0 Å². The van der Waals surface area contributed by atoms with Crippen molar-refractivity contribution in [2.75, 3.05) is 24.5 Å². The van der Waals surface area contributed by atoms with Crippen LogP contribution in [0.4, 0.5) is 5.69 Å². The molecular weight excluding hydrogens is 494 g/mol. The third-order valence-corrected chi connectivity index (χ3v) is 7.74. The zero-order valence-electron chi connectivity index (χ0n) is 22.9. The molecule has 40 heavy (non-hydrogen) atoms. The van der Waals surface area contributed by atoms with E-state index in [1.165, 1.54) is 16.7 Å². The molecule has 0 saturated carbocycles. The summed E-state index contributed by atoms with van der Waals surface area (Å²) in [6, 6.07) is 36.0. The average molecular weight is 532 g/mol. The number of benzene rings is 4. The standard InChI is InChI=1S/C35H37N3O2/c39-27-38(33-19-10-9-18-32(33)30-15-5-2-6-16-30)34(35(40)36-23-21-28-12-3-1-4-13-28)20-11-24-37-25-22-29-14-7-8-17-31(29)26-37/h1-10,12-19,27,34H,11,20-26H2,(H,36,40)/t34-/m1/s1. The second-order valence-electron chi connectivity index (χ2n) is 10.4.